The molecule has 2 aliphatic carbocycles. The van der Waals surface area contributed by atoms with Crippen molar-refractivity contribution in [3.8, 4) is 0 Å². The predicted molar refractivity (Wildman–Crippen MR) is 134 cm³/mol. The molecule has 2 aromatic rings. The van der Waals surface area contributed by atoms with Gasteiger partial charge in [-0.15, -0.1) is 0 Å². The van der Waals surface area contributed by atoms with E-state index < -0.39 is 0 Å². The van der Waals surface area contributed by atoms with Gasteiger partial charge in [0.05, 0.1) is 5.71 Å². The summed E-state index contributed by atoms with van der Waals surface area (Å²) < 4.78 is 26.0. The zero-order valence-electron chi connectivity index (χ0n) is 19.3. The Balaban J connectivity index is 0.000000234. The Morgan fingerprint density at radius 3 is 1.71 bits per heavy atom. The first-order valence-corrected chi connectivity index (χ1v) is 12.3. The summed E-state index contributed by atoms with van der Waals surface area (Å²) in [6.07, 6.45) is 12.4. The Hall–Kier alpha value is -2.56. The molecule has 0 saturated heterocycles. The van der Waals surface area contributed by atoms with Crippen LogP contribution < -0.4 is 0 Å². The van der Waals surface area contributed by atoms with E-state index in [2.05, 4.69) is 5.16 Å². The van der Waals surface area contributed by atoms with Crippen molar-refractivity contribution in [2.24, 2.45) is 17.0 Å². The summed E-state index contributed by atoms with van der Waals surface area (Å²) in [5.41, 5.74) is 2.48. The van der Waals surface area contributed by atoms with Gasteiger partial charge in [-0.05, 0) is 61.1 Å². The zero-order valence-corrected chi connectivity index (χ0v) is 19.3. The van der Waals surface area contributed by atoms with Gasteiger partial charge in [-0.2, -0.15) is 0 Å². The summed E-state index contributed by atoms with van der Waals surface area (Å²) in [5.74, 6) is 0.386. The van der Waals surface area contributed by atoms with Gasteiger partial charge in [0.2, 0.25) is 0 Å². The third kappa shape index (κ3) is 9.00. The van der Waals surface area contributed by atoms with Crippen molar-refractivity contribution in [2.45, 2.75) is 84.5 Å². The molecular weight excluding hydrogens is 432 g/mol. The normalized spacial score (nSPS) is 17.3. The zero-order chi connectivity index (χ0) is 23.5. The highest BCUT2D eigenvalue weighted by Gasteiger charge is 2.21. The first-order valence-electron chi connectivity index (χ1n) is 12.3. The lowest BCUT2D eigenvalue weighted by atomic mass is 9.84. The molecule has 2 fully saturated rings. The van der Waals surface area contributed by atoms with Crippen molar-refractivity contribution in [1.29, 1.82) is 0 Å². The maximum atomic E-state index is 13.1. The quantitative estimate of drug-likeness (QED) is 0.264. The first kappa shape index (κ1) is 27.7. The lowest BCUT2D eigenvalue weighted by molar-refractivity contribution is -0.123. The third-order valence-corrected chi connectivity index (χ3v) is 6.81. The Kier molecular flexibility index (Phi) is 11.9. The standard InChI is InChI=1S/C14H18FNO.C14H17FO.CH4/c15-13-8-4-5-11(9-13)10-14(16-17)12-6-2-1-3-7-12;15-13-8-4-5-11(9-13)10-14(16)12-6-2-1-3-7-12;/h4-5,8-9,12,17H,1-3,6-7,10H2;4-5,8-9,12H,1-3,6-7,10H2;1H4/b16-14+;;. The summed E-state index contributed by atoms with van der Waals surface area (Å²) in [6, 6.07) is 12.9. The number of hydrogen-bond donors (Lipinski definition) is 1. The lowest BCUT2D eigenvalue weighted by Gasteiger charge is -2.22. The van der Waals surface area contributed by atoms with Crippen LogP contribution in [0.25, 0.3) is 0 Å². The fraction of sp³-hybridized carbons (Fsp3) is 0.517. The number of carbonyl (C=O) groups is 1. The minimum atomic E-state index is -0.256. The number of rotatable bonds is 6. The van der Waals surface area contributed by atoms with Crippen LogP contribution in [0.5, 0.6) is 0 Å². The summed E-state index contributed by atoms with van der Waals surface area (Å²) in [7, 11) is 0. The molecule has 2 saturated carbocycles. The van der Waals surface area contributed by atoms with E-state index in [0.717, 1.165) is 42.5 Å². The molecule has 5 heteroatoms. The Morgan fingerprint density at radius 2 is 1.24 bits per heavy atom. The average Bonchev–Trinajstić information content (AvgIpc) is 2.84. The van der Waals surface area contributed by atoms with Gasteiger partial charge in [0.25, 0.3) is 0 Å². The molecule has 0 radical (unpaired) electrons. The number of nitrogens with zero attached hydrogens (tertiary/aromatic N) is 1. The van der Waals surface area contributed by atoms with Crippen molar-refractivity contribution in [2.75, 3.05) is 0 Å². The molecule has 0 amide bonds. The maximum absolute atomic E-state index is 13.1. The highest BCUT2D eigenvalue weighted by Crippen LogP contribution is 2.27. The molecule has 4 rings (SSSR count). The van der Waals surface area contributed by atoms with Crippen molar-refractivity contribution in [1.82, 2.24) is 0 Å². The number of ketones is 1. The Bertz CT molecular complexity index is 916. The van der Waals surface area contributed by atoms with Crippen molar-refractivity contribution in [3.05, 3.63) is 71.3 Å². The van der Waals surface area contributed by atoms with E-state index in [1.807, 2.05) is 12.1 Å². The largest absolute Gasteiger partial charge is 0.411 e. The molecule has 186 valence electrons. The number of Topliss-reactive ketones (excluding diaryl/α,β-unsaturated/α-hetero) is 1. The number of benzene rings is 2. The van der Waals surface area contributed by atoms with Gasteiger partial charge >= 0.3 is 0 Å². The summed E-state index contributed by atoms with van der Waals surface area (Å²) in [4.78, 5) is 12.0. The molecule has 0 heterocycles. The molecule has 0 aromatic heterocycles. The van der Waals surface area contributed by atoms with Crippen LogP contribution in [-0.2, 0) is 17.6 Å². The van der Waals surface area contributed by atoms with E-state index >= 15 is 0 Å². The molecule has 0 atom stereocenters. The van der Waals surface area contributed by atoms with Gasteiger partial charge in [0.1, 0.15) is 17.4 Å². The number of carbonyl (C=O) groups excluding carboxylic acids is 1. The average molecular weight is 472 g/mol. The van der Waals surface area contributed by atoms with Gasteiger partial charge in [-0.1, -0.05) is 75.4 Å². The molecule has 3 nitrogen and oxygen atoms in total. The second-order valence-corrected chi connectivity index (χ2v) is 9.34. The molecule has 34 heavy (non-hydrogen) atoms. The smallest absolute Gasteiger partial charge is 0.140 e. The minimum Gasteiger partial charge on any atom is -0.411 e. The van der Waals surface area contributed by atoms with Gasteiger partial charge < -0.3 is 5.21 Å². The van der Waals surface area contributed by atoms with Crippen LogP contribution in [0, 0.1) is 23.5 Å². The van der Waals surface area contributed by atoms with Gasteiger partial charge in [-0.3, -0.25) is 4.79 Å². The number of oxime groups is 1. The third-order valence-electron chi connectivity index (χ3n) is 6.81. The van der Waals surface area contributed by atoms with Gasteiger partial charge in [0.15, 0.2) is 0 Å². The van der Waals surface area contributed by atoms with Crippen LogP contribution in [0.3, 0.4) is 0 Å². The predicted octanol–water partition coefficient (Wildman–Crippen LogP) is 7.93. The van der Waals surface area contributed by atoms with Gasteiger partial charge in [-0.25, -0.2) is 8.78 Å². The van der Waals surface area contributed by atoms with Crippen molar-refractivity contribution in [3.63, 3.8) is 0 Å². The summed E-state index contributed by atoms with van der Waals surface area (Å²) >= 11 is 0. The maximum Gasteiger partial charge on any atom is 0.140 e. The minimum absolute atomic E-state index is 0. The molecule has 0 aliphatic heterocycles. The fourth-order valence-electron chi connectivity index (χ4n) is 4.97. The van der Waals surface area contributed by atoms with Crippen LogP contribution in [-0.4, -0.2) is 16.7 Å². The molecule has 1 N–H and O–H groups in total. The topological polar surface area (TPSA) is 49.7 Å². The van der Waals surface area contributed by atoms with Crippen LogP contribution in [0.1, 0.15) is 82.8 Å². The van der Waals surface area contributed by atoms with Crippen molar-refractivity contribution >= 4 is 11.5 Å². The highest BCUT2D eigenvalue weighted by molar-refractivity contribution is 5.88. The second kappa shape index (κ2) is 14.6. The van der Waals surface area contributed by atoms with E-state index in [1.165, 1.54) is 62.8 Å². The van der Waals surface area contributed by atoms with Crippen LogP contribution in [0.15, 0.2) is 53.7 Å². The molecule has 2 aliphatic rings. The Morgan fingerprint density at radius 1 is 0.765 bits per heavy atom. The van der Waals surface area contributed by atoms with Crippen LogP contribution in [0.4, 0.5) is 8.78 Å². The second-order valence-electron chi connectivity index (χ2n) is 9.34. The highest BCUT2D eigenvalue weighted by atomic mass is 19.1. The molecule has 0 unspecified atom stereocenters. The van der Waals surface area contributed by atoms with E-state index in [1.54, 1.807) is 12.1 Å². The molecule has 2 aromatic carbocycles. The Labute approximate surface area is 203 Å². The van der Waals surface area contributed by atoms with Crippen LogP contribution >= 0.6 is 0 Å². The van der Waals surface area contributed by atoms with E-state index in [0.29, 0.717) is 18.8 Å². The number of halogens is 2. The number of hydrogen-bond acceptors (Lipinski definition) is 3. The van der Waals surface area contributed by atoms with E-state index in [4.69, 9.17) is 5.21 Å². The molecular formula is C29H39F2NO2. The summed E-state index contributed by atoms with van der Waals surface area (Å²) in [5, 5.41) is 12.5. The SMILES string of the molecule is C.O/N=C(\Cc1cccc(F)c1)C1CCCCC1.O=C(Cc1cccc(F)c1)C1CCCCC1. The fourth-order valence-corrected chi connectivity index (χ4v) is 4.97. The van der Waals surface area contributed by atoms with Gasteiger partial charge in [0, 0.05) is 24.7 Å². The van der Waals surface area contributed by atoms with E-state index in [-0.39, 0.29) is 30.8 Å². The molecule has 0 spiro atoms. The molecule has 0 bridgehead atoms. The van der Waals surface area contributed by atoms with Crippen LogP contribution in [0.2, 0.25) is 0 Å². The first-order chi connectivity index (χ1) is 16.0. The summed E-state index contributed by atoms with van der Waals surface area (Å²) in [6.45, 7) is 0. The van der Waals surface area contributed by atoms with Crippen molar-refractivity contribution < 1.29 is 18.8 Å². The lowest BCUT2D eigenvalue weighted by Crippen LogP contribution is -2.20. The van der Waals surface area contributed by atoms with E-state index in [9.17, 15) is 13.6 Å². The monoisotopic (exact) mass is 471 g/mol.